The van der Waals surface area contributed by atoms with Gasteiger partial charge in [-0.2, -0.15) is 0 Å². The van der Waals surface area contributed by atoms with Crippen LogP contribution >= 0.6 is 0 Å². The molecule has 2 N–H and O–H groups in total. The topological polar surface area (TPSA) is 50.4 Å². The van der Waals surface area contributed by atoms with Gasteiger partial charge in [0.1, 0.15) is 5.82 Å². The molecule has 0 spiro atoms. The van der Waals surface area contributed by atoms with Crippen LogP contribution in [0.3, 0.4) is 0 Å². The normalized spacial score (nSPS) is 27.4. The van der Waals surface area contributed by atoms with Crippen molar-refractivity contribution in [2.24, 2.45) is 0 Å². The quantitative estimate of drug-likeness (QED) is 0.897. The van der Waals surface area contributed by atoms with Crippen LogP contribution < -0.4 is 10.6 Å². The lowest BCUT2D eigenvalue weighted by atomic mass is 9.73. The molecule has 126 valence electrons. The molecule has 4 nitrogen and oxygen atoms in total. The number of hydrogen-bond donors (Lipinski definition) is 2. The standard InChI is InChI=1S/C18H25FN2O2/c1-13-16(6-3-9-20-13)21-17(22)18(7-10-23-11-8-18)14-4-2-5-15(19)12-14/h2,4-5,12-13,16,20H,3,6-11H2,1H3,(H,21,22). The maximum absolute atomic E-state index is 13.7. The number of benzene rings is 1. The van der Waals surface area contributed by atoms with E-state index in [0.717, 1.165) is 24.9 Å². The van der Waals surface area contributed by atoms with Gasteiger partial charge in [0.25, 0.3) is 0 Å². The summed E-state index contributed by atoms with van der Waals surface area (Å²) < 4.78 is 19.2. The van der Waals surface area contributed by atoms with Gasteiger partial charge in [0.15, 0.2) is 0 Å². The lowest BCUT2D eigenvalue weighted by molar-refractivity contribution is -0.131. The van der Waals surface area contributed by atoms with Gasteiger partial charge in [-0.1, -0.05) is 12.1 Å². The van der Waals surface area contributed by atoms with E-state index in [1.165, 1.54) is 12.1 Å². The Morgan fingerprint density at radius 3 is 2.87 bits per heavy atom. The second-order valence-electron chi connectivity index (χ2n) is 6.67. The Kier molecular flexibility index (Phi) is 4.97. The Labute approximate surface area is 136 Å². The molecule has 2 aliphatic heterocycles. The van der Waals surface area contributed by atoms with Crippen LogP contribution in [0.25, 0.3) is 0 Å². The summed E-state index contributed by atoms with van der Waals surface area (Å²) in [7, 11) is 0. The number of carbonyl (C=O) groups excluding carboxylic acids is 1. The summed E-state index contributed by atoms with van der Waals surface area (Å²) in [4.78, 5) is 13.1. The number of carbonyl (C=O) groups is 1. The maximum atomic E-state index is 13.7. The first-order valence-corrected chi connectivity index (χ1v) is 8.50. The van der Waals surface area contributed by atoms with Gasteiger partial charge < -0.3 is 15.4 Å². The van der Waals surface area contributed by atoms with Gasteiger partial charge in [-0.3, -0.25) is 4.79 Å². The van der Waals surface area contributed by atoms with Crippen LogP contribution in [0.15, 0.2) is 24.3 Å². The molecule has 2 saturated heterocycles. The van der Waals surface area contributed by atoms with Crippen molar-refractivity contribution in [2.45, 2.75) is 50.1 Å². The number of hydrogen-bond acceptors (Lipinski definition) is 3. The van der Waals surface area contributed by atoms with Crippen LogP contribution in [0.1, 0.15) is 38.2 Å². The van der Waals surface area contributed by atoms with Crippen LogP contribution in [0, 0.1) is 5.82 Å². The minimum Gasteiger partial charge on any atom is -0.381 e. The SMILES string of the molecule is CC1NCCCC1NC(=O)C1(c2cccc(F)c2)CCOCC1. The number of nitrogens with one attached hydrogen (secondary N) is 2. The van der Waals surface area contributed by atoms with Gasteiger partial charge in [0, 0.05) is 25.3 Å². The van der Waals surface area contributed by atoms with Crippen molar-refractivity contribution in [2.75, 3.05) is 19.8 Å². The summed E-state index contributed by atoms with van der Waals surface area (Å²) in [6.45, 7) is 4.16. The van der Waals surface area contributed by atoms with Gasteiger partial charge in [0.05, 0.1) is 5.41 Å². The predicted octanol–water partition coefficient (Wildman–Crippen LogP) is 2.13. The Morgan fingerprint density at radius 1 is 1.39 bits per heavy atom. The summed E-state index contributed by atoms with van der Waals surface area (Å²) in [6.07, 6.45) is 3.23. The zero-order valence-electron chi connectivity index (χ0n) is 13.6. The van der Waals surface area contributed by atoms with Crippen molar-refractivity contribution in [1.29, 1.82) is 0 Å². The largest absolute Gasteiger partial charge is 0.381 e. The van der Waals surface area contributed by atoms with Gasteiger partial charge in [0.2, 0.25) is 5.91 Å². The van der Waals surface area contributed by atoms with Gasteiger partial charge >= 0.3 is 0 Å². The highest BCUT2D eigenvalue weighted by Crippen LogP contribution is 2.36. The second-order valence-corrected chi connectivity index (χ2v) is 6.67. The minimum atomic E-state index is -0.683. The molecule has 0 saturated carbocycles. The van der Waals surface area contributed by atoms with Gasteiger partial charge in [-0.05, 0) is 56.8 Å². The van der Waals surface area contributed by atoms with Crippen molar-refractivity contribution in [1.82, 2.24) is 10.6 Å². The zero-order chi connectivity index (χ0) is 16.3. The summed E-state index contributed by atoms with van der Waals surface area (Å²) in [5, 5.41) is 6.62. The molecule has 0 bridgehead atoms. The van der Waals surface area contributed by atoms with Crippen molar-refractivity contribution in [3.8, 4) is 0 Å². The molecule has 0 radical (unpaired) electrons. The van der Waals surface area contributed by atoms with E-state index >= 15 is 0 Å². The van der Waals surface area contributed by atoms with Gasteiger partial charge in [-0.15, -0.1) is 0 Å². The van der Waals surface area contributed by atoms with Crippen molar-refractivity contribution >= 4 is 5.91 Å². The van der Waals surface area contributed by atoms with E-state index in [4.69, 9.17) is 4.74 Å². The molecule has 2 unspecified atom stereocenters. The van der Waals surface area contributed by atoms with E-state index in [-0.39, 0.29) is 23.8 Å². The first-order valence-electron chi connectivity index (χ1n) is 8.50. The van der Waals surface area contributed by atoms with Crippen molar-refractivity contribution in [3.05, 3.63) is 35.6 Å². The molecule has 2 atom stereocenters. The van der Waals surface area contributed by atoms with E-state index < -0.39 is 5.41 Å². The number of halogens is 1. The number of rotatable bonds is 3. The predicted molar refractivity (Wildman–Crippen MR) is 86.8 cm³/mol. The van der Waals surface area contributed by atoms with Crippen LogP contribution in [0.2, 0.25) is 0 Å². The molecule has 2 aliphatic rings. The molecular weight excluding hydrogens is 295 g/mol. The molecular formula is C18H25FN2O2. The van der Waals surface area contributed by atoms with Crippen molar-refractivity contribution < 1.29 is 13.9 Å². The third-order valence-corrected chi connectivity index (χ3v) is 5.24. The third kappa shape index (κ3) is 3.40. The lowest BCUT2D eigenvalue weighted by Crippen LogP contribution is -2.57. The van der Waals surface area contributed by atoms with E-state index in [9.17, 15) is 9.18 Å². The molecule has 1 aromatic rings. The molecule has 2 heterocycles. The molecule has 0 aromatic heterocycles. The fourth-order valence-corrected chi connectivity index (χ4v) is 3.70. The first-order chi connectivity index (χ1) is 11.1. The van der Waals surface area contributed by atoms with Crippen LogP contribution in [0.5, 0.6) is 0 Å². The maximum Gasteiger partial charge on any atom is 0.231 e. The highest BCUT2D eigenvalue weighted by Gasteiger charge is 2.43. The van der Waals surface area contributed by atoms with E-state index in [0.29, 0.717) is 26.1 Å². The fraction of sp³-hybridized carbons (Fsp3) is 0.611. The average Bonchev–Trinajstić information content (AvgIpc) is 2.57. The average molecular weight is 320 g/mol. The van der Waals surface area contributed by atoms with Crippen LogP contribution in [-0.4, -0.2) is 37.7 Å². The molecule has 5 heteroatoms. The number of piperidine rings is 1. The summed E-state index contributed by atoms with van der Waals surface area (Å²) >= 11 is 0. The second kappa shape index (κ2) is 6.97. The monoisotopic (exact) mass is 320 g/mol. The molecule has 3 rings (SSSR count). The van der Waals surface area contributed by atoms with Crippen LogP contribution in [0.4, 0.5) is 4.39 Å². The fourth-order valence-electron chi connectivity index (χ4n) is 3.70. The Morgan fingerprint density at radius 2 is 2.17 bits per heavy atom. The van der Waals surface area contributed by atoms with Crippen LogP contribution in [-0.2, 0) is 14.9 Å². The first kappa shape index (κ1) is 16.4. The summed E-state index contributed by atoms with van der Waals surface area (Å²) in [6, 6.07) is 6.84. The summed E-state index contributed by atoms with van der Waals surface area (Å²) in [5.41, 5.74) is 0.0760. The number of ether oxygens (including phenoxy) is 1. The number of amides is 1. The van der Waals surface area contributed by atoms with E-state index in [1.54, 1.807) is 6.07 Å². The molecule has 1 amide bonds. The highest BCUT2D eigenvalue weighted by atomic mass is 19.1. The smallest absolute Gasteiger partial charge is 0.231 e. The Hall–Kier alpha value is -1.46. The highest BCUT2D eigenvalue weighted by molar-refractivity contribution is 5.88. The molecule has 2 fully saturated rings. The van der Waals surface area contributed by atoms with E-state index in [1.807, 2.05) is 6.07 Å². The lowest BCUT2D eigenvalue weighted by Gasteiger charge is -2.39. The minimum absolute atomic E-state index is 0.00644. The zero-order valence-corrected chi connectivity index (χ0v) is 13.6. The van der Waals surface area contributed by atoms with Gasteiger partial charge in [-0.25, -0.2) is 4.39 Å². The Balaban J connectivity index is 1.84. The molecule has 0 aliphatic carbocycles. The van der Waals surface area contributed by atoms with E-state index in [2.05, 4.69) is 17.6 Å². The van der Waals surface area contributed by atoms with Crippen molar-refractivity contribution in [3.63, 3.8) is 0 Å². The molecule has 23 heavy (non-hydrogen) atoms. The third-order valence-electron chi connectivity index (χ3n) is 5.24. The molecule has 1 aromatic carbocycles. The summed E-state index contributed by atoms with van der Waals surface area (Å²) in [5.74, 6) is -0.291. The Bertz CT molecular complexity index is 558.